The van der Waals surface area contributed by atoms with E-state index in [1.54, 1.807) is 0 Å². The molecule has 1 aromatic carbocycles. The fourth-order valence-corrected chi connectivity index (χ4v) is 3.71. The summed E-state index contributed by atoms with van der Waals surface area (Å²) >= 11 is 0. The number of rotatable bonds is 2. The van der Waals surface area contributed by atoms with Gasteiger partial charge in [0.2, 0.25) is 0 Å². The Hall–Kier alpha value is -1.51. The van der Waals surface area contributed by atoms with E-state index in [1.165, 1.54) is 18.4 Å². The molecule has 1 aromatic rings. The molecule has 0 N–H and O–H groups in total. The predicted molar refractivity (Wildman–Crippen MR) is 67.1 cm³/mol. The summed E-state index contributed by atoms with van der Waals surface area (Å²) in [6, 6.07) is 10.3. The van der Waals surface area contributed by atoms with Crippen molar-refractivity contribution >= 4 is 6.09 Å². The highest BCUT2D eigenvalue weighted by Gasteiger charge is 2.76. The lowest BCUT2D eigenvalue weighted by molar-refractivity contribution is 0.136. The summed E-state index contributed by atoms with van der Waals surface area (Å²) in [5.41, 5.74) is 1.66. The molecule has 1 aliphatic heterocycles. The number of ether oxygens (including phenoxy) is 1. The molecule has 2 atom stereocenters. The number of carbonyl (C=O) groups is 1. The molecule has 3 fully saturated rings. The van der Waals surface area contributed by atoms with Gasteiger partial charge in [-0.1, -0.05) is 30.3 Å². The SMILES string of the molecule is C[C@@]1(N2C(=O)OC[C@@H]2c2ccccc2)CC12CC2. The standard InChI is InChI=1S/C15H17NO2/c1-14(10-15(14)7-8-15)16-12(9-18-13(16)17)11-5-3-2-4-6-11/h2-6,12H,7-10H2,1H3/t12-,14-/m1/s1. The van der Waals surface area contributed by atoms with E-state index in [0.29, 0.717) is 12.0 Å². The predicted octanol–water partition coefficient (Wildman–Crippen LogP) is 3.12. The topological polar surface area (TPSA) is 29.5 Å². The molecule has 1 heterocycles. The molecule has 0 bridgehead atoms. The molecule has 0 radical (unpaired) electrons. The number of benzene rings is 1. The Labute approximate surface area is 107 Å². The average Bonchev–Trinajstić information content (AvgIpc) is 3.22. The van der Waals surface area contributed by atoms with Gasteiger partial charge in [-0.05, 0) is 37.2 Å². The zero-order chi connectivity index (χ0) is 12.4. The van der Waals surface area contributed by atoms with Gasteiger partial charge in [0.15, 0.2) is 0 Å². The highest BCUT2D eigenvalue weighted by Crippen LogP contribution is 2.76. The van der Waals surface area contributed by atoms with Crippen LogP contribution in [0.25, 0.3) is 0 Å². The van der Waals surface area contributed by atoms with Gasteiger partial charge in [-0.25, -0.2) is 4.79 Å². The van der Waals surface area contributed by atoms with E-state index >= 15 is 0 Å². The summed E-state index contributed by atoms with van der Waals surface area (Å²) in [4.78, 5) is 14.1. The van der Waals surface area contributed by atoms with Crippen molar-refractivity contribution in [3.8, 4) is 0 Å². The number of hydrogen-bond acceptors (Lipinski definition) is 2. The Morgan fingerprint density at radius 1 is 1.28 bits per heavy atom. The average molecular weight is 243 g/mol. The van der Waals surface area contributed by atoms with Gasteiger partial charge in [-0.15, -0.1) is 0 Å². The zero-order valence-electron chi connectivity index (χ0n) is 10.6. The maximum atomic E-state index is 12.1. The van der Waals surface area contributed by atoms with Crippen LogP contribution in [-0.4, -0.2) is 23.1 Å². The summed E-state index contributed by atoms with van der Waals surface area (Å²) in [7, 11) is 0. The van der Waals surface area contributed by atoms with Crippen LogP contribution in [0.1, 0.15) is 37.8 Å². The van der Waals surface area contributed by atoms with E-state index in [4.69, 9.17) is 4.74 Å². The highest BCUT2D eigenvalue weighted by atomic mass is 16.6. The molecule has 0 unspecified atom stereocenters. The molecule has 94 valence electrons. The largest absolute Gasteiger partial charge is 0.447 e. The fourth-order valence-electron chi connectivity index (χ4n) is 3.71. The first kappa shape index (κ1) is 10.4. The Morgan fingerprint density at radius 3 is 2.61 bits per heavy atom. The third-order valence-corrected chi connectivity index (χ3v) is 5.14. The van der Waals surface area contributed by atoms with Crippen LogP contribution in [0.15, 0.2) is 30.3 Å². The molecular formula is C15H17NO2. The highest BCUT2D eigenvalue weighted by molar-refractivity contribution is 5.73. The molecule has 2 saturated carbocycles. The molecule has 3 nitrogen and oxygen atoms in total. The van der Waals surface area contributed by atoms with Crippen molar-refractivity contribution in [2.24, 2.45) is 5.41 Å². The van der Waals surface area contributed by atoms with E-state index in [9.17, 15) is 4.79 Å². The molecular weight excluding hydrogens is 226 g/mol. The van der Waals surface area contributed by atoms with Crippen LogP contribution < -0.4 is 0 Å². The number of amides is 1. The van der Waals surface area contributed by atoms with Crippen LogP contribution in [0, 0.1) is 5.41 Å². The van der Waals surface area contributed by atoms with E-state index in [0.717, 1.165) is 6.42 Å². The number of nitrogens with zero attached hydrogens (tertiary/aromatic N) is 1. The van der Waals surface area contributed by atoms with Gasteiger partial charge in [-0.3, -0.25) is 4.90 Å². The molecule has 18 heavy (non-hydrogen) atoms. The lowest BCUT2D eigenvalue weighted by Crippen LogP contribution is -2.39. The third-order valence-electron chi connectivity index (χ3n) is 5.14. The van der Waals surface area contributed by atoms with Crippen LogP contribution >= 0.6 is 0 Å². The second-order valence-corrected chi connectivity index (χ2v) is 6.10. The Balaban J connectivity index is 1.70. The maximum absolute atomic E-state index is 12.1. The normalized spacial score (nSPS) is 35.7. The molecule has 0 aromatic heterocycles. The number of carbonyl (C=O) groups excluding carboxylic acids is 1. The minimum absolute atomic E-state index is 0.0427. The first-order valence-electron chi connectivity index (χ1n) is 6.67. The number of hydrogen-bond donors (Lipinski definition) is 0. The van der Waals surface area contributed by atoms with Crippen molar-refractivity contribution in [3.63, 3.8) is 0 Å². The van der Waals surface area contributed by atoms with E-state index in [2.05, 4.69) is 19.1 Å². The fraction of sp³-hybridized carbons (Fsp3) is 0.533. The smallest absolute Gasteiger partial charge is 0.410 e. The Morgan fingerprint density at radius 2 is 2.00 bits per heavy atom. The molecule has 4 rings (SSSR count). The first-order valence-corrected chi connectivity index (χ1v) is 6.67. The maximum Gasteiger partial charge on any atom is 0.410 e. The lowest BCUT2D eigenvalue weighted by atomic mass is 10.0. The van der Waals surface area contributed by atoms with Crippen molar-refractivity contribution < 1.29 is 9.53 Å². The molecule has 1 saturated heterocycles. The molecule has 2 aliphatic carbocycles. The molecule has 1 spiro atoms. The first-order chi connectivity index (χ1) is 8.66. The van der Waals surface area contributed by atoms with Crippen LogP contribution in [0.4, 0.5) is 4.79 Å². The van der Waals surface area contributed by atoms with Gasteiger partial charge >= 0.3 is 6.09 Å². The van der Waals surface area contributed by atoms with Gasteiger partial charge < -0.3 is 4.74 Å². The summed E-state index contributed by atoms with van der Waals surface area (Å²) in [6.07, 6.45) is 3.57. The molecule has 1 amide bonds. The number of cyclic esters (lactones) is 1. The molecule has 3 heteroatoms. The van der Waals surface area contributed by atoms with Gasteiger partial charge in [0, 0.05) is 0 Å². The van der Waals surface area contributed by atoms with Crippen LogP contribution in [0.2, 0.25) is 0 Å². The van der Waals surface area contributed by atoms with Crippen molar-refractivity contribution in [1.82, 2.24) is 4.90 Å². The second-order valence-electron chi connectivity index (χ2n) is 6.10. The summed E-state index contributed by atoms with van der Waals surface area (Å²) in [5.74, 6) is 0. The van der Waals surface area contributed by atoms with Gasteiger partial charge in [0.05, 0.1) is 11.6 Å². The Kier molecular flexibility index (Phi) is 1.78. The second kappa shape index (κ2) is 3.08. The third kappa shape index (κ3) is 1.17. The van der Waals surface area contributed by atoms with Gasteiger partial charge in [0.25, 0.3) is 0 Å². The summed E-state index contributed by atoms with van der Waals surface area (Å²) in [6.45, 7) is 2.72. The van der Waals surface area contributed by atoms with Crippen molar-refractivity contribution in [2.45, 2.75) is 37.8 Å². The summed E-state index contributed by atoms with van der Waals surface area (Å²) < 4.78 is 5.31. The quantitative estimate of drug-likeness (QED) is 0.798. The van der Waals surface area contributed by atoms with E-state index < -0.39 is 0 Å². The van der Waals surface area contributed by atoms with Crippen molar-refractivity contribution in [1.29, 1.82) is 0 Å². The van der Waals surface area contributed by atoms with Crippen molar-refractivity contribution in [2.75, 3.05) is 6.61 Å². The van der Waals surface area contributed by atoms with Crippen LogP contribution in [-0.2, 0) is 4.74 Å². The monoisotopic (exact) mass is 243 g/mol. The van der Waals surface area contributed by atoms with Crippen molar-refractivity contribution in [3.05, 3.63) is 35.9 Å². The Bertz CT molecular complexity index is 508. The van der Waals surface area contributed by atoms with E-state index in [1.807, 2.05) is 23.1 Å². The van der Waals surface area contributed by atoms with Crippen LogP contribution in [0.3, 0.4) is 0 Å². The zero-order valence-corrected chi connectivity index (χ0v) is 10.6. The van der Waals surface area contributed by atoms with Gasteiger partial charge in [0.1, 0.15) is 6.61 Å². The lowest BCUT2D eigenvalue weighted by Gasteiger charge is -2.29. The van der Waals surface area contributed by atoms with Crippen LogP contribution in [0.5, 0.6) is 0 Å². The minimum Gasteiger partial charge on any atom is -0.447 e. The minimum atomic E-state index is -0.130. The van der Waals surface area contributed by atoms with E-state index in [-0.39, 0.29) is 17.7 Å². The molecule has 3 aliphatic rings. The summed E-state index contributed by atoms with van der Waals surface area (Å²) in [5, 5.41) is 0. The van der Waals surface area contributed by atoms with Gasteiger partial charge in [-0.2, -0.15) is 0 Å².